The van der Waals surface area contributed by atoms with Gasteiger partial charge in [-0.3, -0.25) is 9.59 Å². The fourth-order valence-corrected chi connectivity index (χ4v) is 4.69. The summed E-state index contributed by atoms with van der Waals surface area (Å²) >= 11 is 0. The van der Waals surface area contributed by atoms with Gasteiger partial charge in [-0.2, -0.15) is 0 Å². The van der Waals surface area contributed by atoms with Crippen LogP contribution in [0.4, 0.5) is 11.4 Å². The number of fused-ring (bicyclic) bond motifs is 1. The van der Waals surface area contributed by atoms with Crippen molar-refractivity contribution >= 4 is 23.2 Å². The number of anilines is 2. The van der Waals surface area contributed by atoms with Gasteiger partial charge < -0.3 is 25.3 Å². The van der Waals surface area contributed by atoms with E-state index in [0.717, 1.165) is 23.4 Å². The number of amides is 2. The molecule has 0 radical (unpaired) electrons. The first kappa shape index (κ1) is 23.0. The van der Waals surface area contributed by atoms with Crippen LogP contribution in [0.1, 0.15) is 44.7 Å². The Morgan fingerprint density at radius 1 is 1.09 bits per heavy atom. The van der Waals surface area contributed by atoms with E-state index in [4.69, 9.17) is 0 Å². The molecule has 1 unspecified atom stereocenters. The molecule has 7 nitrogen and oxygen atoms in total. The molecule has 1 aliphatic carbocycles. The van der Waals surface area contributed by atoms with Gasteiger partial charge in [-0.15, -0.1) is 0 Å². The van der Waals surface area contributed by atoms with E-state index < -0.39 is 5.41 Å². The minimum Gasteiger partial charge on any atom is -0.504 e. The molecule has 0 bridgehead atoms. The average molecular weight is 452 g/mol. The third kappa shape index (κ3) is 4.24. The quantitative estimate of drug-likeness (QED) is 0.604. The van der Waals surface area contributed by atoms with Crippen LogP contribution in [0.25, 0.3) is 0 Å². The van der Waals surface area contributed by atoms with Crippen LogP contribution in [0, 0.1) is 5.41 Å². The number of phenolic OH excluding ortho intramolecular Hbond substituents is 2. The zero-order chi connectivity index (χ0) is 24.1. The van der Waals surface area contributed by atoms with Gasteiger partial charge in [-0.1, -0.05) is 26.8 Å². The van der Waals surface area contributed by atoms with Crippen molar-refractivity contribution < 1.29 is 19.8 Å². The number of nitrogens with zero attached hydrogens (tertiary/aromatic N) is 2. The van der Waals surface area contributed by atoms with E-state index >= 15 is 0 Å². The van der Waals surface area contributed by atoms with E-state index in [2.05, 4.69) is 31.0 Å². The topological polar surface area (TPSA) is 93.1 Å². The van der Waals surface area contributed by atoms with Crippen LogP contribution in [-0.2, 0) is 21.4 Å². The van der Waals surface area contributed by atoms with Crippen LogP contribution in [0.5, 0.6) is 11.5 Å². The SMILES string of the molecule is CN(C)C(=O)CN1c2ccc(NC(=O)C3(c4ccc(O)c(O)c4)CC3)cc2CC1C(C)(C)C. The molecule has 0 saturated heterocycles. The molecule has 1 atom stereocenters. The molecule has 1 fully saturated rings. The summed E-state index contributed by atoms with van der Waals surface area (Å²) in [6.07, 6.45) is 2.20. The van der Waals surface area contributed by atoms with Gasteiger partial charge in [-0.25, -0.2) is 0 Å². The molecule has 2 amide bonds. The molecule has 1 heterocycles. The van der Waals surface area contributed by atoms with Crippen LogP contribution >= 0.6 is 0 Å². The molecular formula is C26H33N3O4. The number of rotatable bonds is 5. The minimum atomic E-state index is -0.678. The van der Waals surface area contributed by atoms with Crippen LogP contribution in [0.3, 0.4) is 0 Å². The van der Waals surface area contributed by atoms with Gasteiger partial charge in [0.15, 0.2) is 11.5 Å². The summed E-state index contributed by atoms with van der Waals surface area (Å²) in [5.41, 5.74) is 2.88. The van der Waals surface area contributed by atoms with Crippen LogP contribution < -0.4 is 10.2 Å². The summed E-state index contributed by atoms with van der Waals surface area (Å²) in [6, 6.07) is 10.7. The van der Waals surface area contributed by atoms with Gasteiger partial charge in [-0.05, 0) is 66.1 Å². The number of hydrogen-bond acceptors (Lipinski definition) is 5. The molecule has 7 heteroatoms. The first-order valence-corrected chi connectivity index (χ1v) is 11.4. The lowest BCUT2D eigenvalue weighted by molar-refractivity contribution is -0.127. The van der Waals surface area contributed by atoms with Crippen molar-refractivity contribution in [1.29, 1.82) is 0 Å². The van der Waals surface area contributed by atoms with Gasteiger partial charge in [0, 0.05) is 31.5 Å². The van der Waals surface area contributed by atoms with Crippen molar-refractivity contribution in [3.05, 3.63) is 47.5 Å². The Morgan fingerprint density at radius 2 is 1.79 bits per heavy atom. The highest BCUT2D eigenvalue weighted by atomic mass is 16.3. The van der Waals surface area contributed by atoms with Crippen molar-refractivity contribution in [3.8, 4) is 11.5 Å². The summed E-state index contributed by atoms with van der Waals surface area (Å²) in [5, 5.41) is 22.5. The second-order valence-corrected chi connectivity index (χ2v) is 10.6. The summed E-state index contributed by atoms with van der Waals surface area (Å²) in [7, 11) is 3.54. The van der Waals surface area contributed by atoms with Crippen LogP contribution in [0.2, 0.25) is 0 Å². The normalized spacial score (nSPS) is 18.6. The average Bonchev–Trinajstić information content (AvgIpc) is 3.47. The van der Waals surface area contributed by atoms with Crippen molar-refractivity contribution in [2.45, 2.75) is 51.5 Å². The van der Waals surface area contributed by atoms with E-state index in [9.17, 15) is 19.8 Å². The third-order valence-electron chi connectivity index (χ3n) is 6.95. The lowest BCUT2D eigenvalue weighted by Gasteiger charge is -2.37. The van der Waals surface area contributed by atoms with Gasteiger partial charge in [0.1, 0.15) is 0 Å². The highest BCUT2D eigenvalue weighted by Crippen LogP contribution is 2.50. The number of nitrogens with one attached hydrogen (secondary N) is 1. The molecule has 1 aliphatic heterocycles. The van der Waals surface area contributed by atoms with Gasteiger partial charge in [0.2, 0.25) is 11.8 Å². The lowest BCUT2D eigenvalue weighted by Crippen LogP contribution is -2.46. The standard InChI is InChI=1S/C26H33N3O4/c1-25(2,3)22-13-16-12-18(7-8-19(16)29(22)15-23(32)28(4)5)27-24(33)26(10-11-26)17-6-9-20(30)21(31)14-17/h6-9,12,14,22,30-31H,10-11,13,15H2,1-5H3,(H,27,33). The number of hydrogen-bond donors (Lipinski definition) is 3. The summed E-state index contributed by atoms with van der Waals surface area (Å²) in [5.74, 6) is -0.469. The Bertz CT molecular complexity index is 1100. The number of carbonyl (C=O) groups excluding carboxylic acids is 2. The monoisotopic (exact) mass is 451 g/mol. The fourth-order valence-electron chi connectivity index (χ4n) is 4.69. The molecule has 176 valence electrons. The summed E-state index contributed by atoms with van der Waals surface area (Å²) in [4.78, 5) is 29.5. The van der Waals surface area contributed by atoms with E-state index in [1.807, 2.05) is 18.2 Å². The first-order valence-electron chi connectivity index (χ1n) is 11.4. The predicted molar refractivity (Wildman–Crippen MR) is 129 cm³/mol. The van der Waals surface area contributed by atoms with Gasteiger partial charge in [0.25, 0.3) is 0 Å². The molecule has 2 aliphatic rings. The second-order valence-electron chi connectivity index (χ2n) is 10.6. The number of carbonyl (C=O) groups is 2. The highest BCUT2D eigenvalue weighted by molar-refractivity contribution is 6.01. The highest BCUT2D eigenvalue weighted by Gasteiger charge is 2.51. The maximum atomic E-state index is 13.2. The molecule has 33 heavy (non-hydrogen) atoms. The van der Waals surface area contributed by atoms with Gasteiger partial charge >= 0.3 is 0 Å². The van der Waals surface area contributed by atoms with Crippen molar-refractivity contribution in [3.63, 3.8) is 0 Å². The van der Waals surface area contributed by atoms with Crippen molar-refractivity contribution in [1.82, 2.24) is 4.90 Å². The molecule has 4 rings (SSSR count). The molecule has 2 aromatic rings. The van der Waals surface area contributed by atoms with Gasteiger partial charge in [0.05, 0.1) is 12.0 Å². The minimum absolute atomic E-state index is 0.0199. The molecule has 0 aromatic heterocycles. The van der Waals surface area contributed by atoms with Crippen LogP contribution in [-0.4, -0.2) is 53.6 Å². The second kappa shape index (κ2) is 7.97. The Hall–Kier alpha value is -3.22. The van der Waals surface area contributed by atoms with E-state index in [1.165, 1.54) is 12.1 Å². The lowest BCUT2D eigenvalue weighted by atomic mass is 9.84. The Labute approximate surface area is 195 Å². The predicted octanol–water partition coefficient (Wildman–Crippen LogP) is 3.63. The van der Waals surface area contributed by atoms with Crippen molar-refractivity contribution in [2.24, 2.45) is 5.41 Å². The molecule has 1 saturated carbocycles. The summed E-state index contributed by atoms with van der Waals surface area (Å²) < 4.78 is 0. The van der Waals surface area contributed by atoms with Crippen LogP contribution in [0.15, 0.2) is 36.4 Å². The zero-order valence-corrected chi connectivity index (χ0v) is 20.0. The Kier molecular flexibility index (Phi) is 5.55. The Balaban J connectivity index is 1.57. The smallest absolute Gasteiger partial charge is 0.241 e. The first-order chi connectivity index (χ1) is 15.4. The molecule has 3 N–H and O–H groups in total. The maximum absolute atomic E-state index is 13.2. The number of aromatic hydroxyl groups is 2. The molecular weight excluding hydrogens is 418 g/mol. The van der Waals surface area contributed by atoms with E-state index in [1.54, 1.807) is 25.1 Å². The van der Waals surface area contributed by atoms with E-state index in [0.29, 0.717) is 24.9 Å². The molecule has 0 spiro atoms. The number of benzene rings is 2. The maximum Gasteiger partial charge on any atom is 0.241 e. The molecule has 2 aromatic carbocycles. The fraction of sp³-hybridized carbons (Fsp3) is 0.462. The third-order valence-corrected chi connectivity index (χ3v) is 6.95. The zero-order valence-electron chi connectivity index (χ0n) is 20.0. The number of phenols is 2. The summed E-state index contributed by atoms with van der Waals surface area (Å²) in [6.45, 7) is 6.87. The van der Waals surface area contributed by atoms with E-state index in [-0.39, 0.29) is 34.8 Å². The Morgan fingerprint density at radius 3 is 2.36 bits per heavy atom. The number of likely N-dealkylation sites (N-methyl/N-ethyl adjacent to an activating group) is 1. The van der Waals surface area contributed by atoms with Crippen molar-refractivity contribution in [2.75, 3.05) is 30.9 Å². The largest absolute Gasteiger partial charge is 0.504 e.